The van der Waals surface area contributed by atoms with Gasteiger partial charge in [0.05, 0.1) is 11.1 Å². The minimum absolute atomic E-state index is 0.137. The summed E-state index contributed by atoms with van der Waals surface area (Å²) in [6, 6.07) is 4.20. The second-order valence-electron chi connectivity index (χ2n) is 5.21. The van der Waals surface area contributed by atoms with Crippen molar-refractivity contribution in [2.75, 3.05) is 5.32 Å². The molecule has 0 aliphatic heterocycles. The molecule has 1 aromatic carbocycles. The number of carbonyl (C=O) groups is 1. The third-order valence-electron chi connectivity index (χ3n) is 2.46. The third-order valence-corrected chi connectivity index (χ3v) is 2.46. The normalized spacial score (nSPS) is 11.0. The van der Waals surface area contributed by atoms with Crippen molar-refractivity contribution in [3.05, 3.63) is 29.6 Å². The van der Waals surface area contributed by atoms with Crippen molar-refractivity contribution in [1.82, 2.24) is 5.32 Å². The molecule has 2 N–H and O–H groups in total. The van der Waals surface area contributed by atoms with Crippen molar-refractivity contribution in [3.8, 4) is 12.3 Å². The van der Waals surface area contributed by atoms with Gasteiger partial charge in [-0.25, -0.2) is 4.39 Å². The van der Waals surface area contributed by atoms with E-state index in [-0.39, 0.29) is 11.6 Å². The van der Waals surface area contributed by atoms with Gasteiger partial charge in [0.1, 0.15) is 5.82 Å². The van der Waals surface area contributed by atoms with Gasteiger partial charge in [-0.1, -0.05) is 5.92 Å². The molecule has 0 bridgehead atoms. The molecule has 0 fully saturated rings. The molecular weight excluding hydrogens is 243 g/mol. The minimum atomic E-state index is -0.779. The summed E-state index contributed by atoms with van der Waals surface area (Å²) >= 11 is 0. The van der Waals surface area contributed by atoms with Crippen LogP contribution >= 0.6 is 0 Å². The van der Waals surface area contributed by atoms with E-state index in [1.54, 1.807) is 19.9 Å². The van der Waals surface area contributed by atoms with E-state index >= 15 is 0 Å². The van der Waals surface area contributed by atoms with Crippen LogP contribution < -0.4 is 10.6 Å². The lowest BCUT2D eigenvalue weighted by Crippen LogP contribution is -2.42. The van der Waals surface area contributed by atoms with Gasteiger partial charge in [-0.05, 0) is 45.9 Å². The van der Waals surface area contributed by atoms with Gasteiger partial charge in [-0.3, -0.25) is 4.79 Å². The van der Waals surface area contributed by atoms with Gasteiger partial charge in [0.2, 0.25) is 0 Å². The Bertz CT molecular complexity index is 515. The van der Waals surface area contributed by atoms with E-state index in [4.69, 9.17) is 6.42 Å². The lowest BCUT2D eigenvalue weighted by Gasteiger charge is -2.21. The summed E-state index contributed by atoms with van der Waals surface area (Å²) in [4.78, 5) is 12.2. The van der Waals surface area contributed by atoms with E-state index < -0.39 is 17.3 Å². The first-order chi connectivity index (χ1) is 8.75. The van der Waals surface area contributed by atoms with E-state index in [0.717, 1.165) is 0 Å². The standard InChI is InChI=1S/C15H19FN2O/c1-6-15(4,5)18-14(19)12-9-11(16)7-8-13(12)17-10(2)3/h1,7-10,17H,2-5H3,(H,18,19). The van der Waals surface area contributed by atoms with Gasteiger partial charge in [0, 0.05) is 11.7 Å². The Morgan fingerprint density at radius 3 is 2.58 bits per heavy atom. The maximum atomic E-state index is 13.3. The maximum Gasteiger partial charge on any atom is 0.254 e. The van der Waals surface area contributed by atoms with E-state index in [1.807, 2.05) is 13.8 Å². The number of carbonyl (C=O) groups excluding carboxylic acids is 1. The highest BCUT2D eigenvalue weighted by atomic mass is 19.1. The Kier molecular flexibility index (Phi) is 4.55. The van der Waals surface area contributed by atoms with Crippen LogP contribution in [0.3, 0.4) is 0 Å². The Morgan fingerprint density at radius 2 is 2.05 bits per heavy atom. The number of benzene rings is 1. The molecule has 0 unspecified atom stereocenters. The highest BCUT2D eigenvalue weighted by Gasteiger charge is 2.20. The molecule has 0 atom stereocenters. The molecule has 0 heterocycles. The zero-order chi connectivity index (χ0) is 14.6. The second-order valence-corrected chi connectivity index (χ2v) is 5.21. The van der Waals surface area contributed by atoms with Gasteiger partial charge in [0.25, 0.3) is 5.91 Å². The molecule has 4 heteroatoms. The average Bonchev–Trinajstić information content (AvgIpc) is 2.30. The molecule has 0 aromatic heterocycles. The van der Waals surface area contributed by atoms with Gasteiger partial charge in [-0.15, -0.1) is 6.42 Å². The lowest BCUT2D eigenvalue weighted by molar-refractivity contribution is 0.0930. The van der Waals surface area contributed by atoms with Gasteiger partial charge < -0.3 is 10.6 Å². The molecule has 1 rings (SSSR count). The van der Waals surface area contributed by atoms with Crippen LogP contribution in [-0.4, -0.2) is 17.5 Å². The summed E-state index contributed by atoms with van der Waals surface area (Å²) in [7, 11) is 0. The van der Waals surface area contributed by atoms with E-state index in [0.29, 0.717) is 5.69 Å². The molecule has 0 aliphatic carbocycles. The van der Waals surface area contributed by atoms with E-state index in [1.165, 1.54) is 12.1 Å². The SMILES string of the molecule is C#CC(C)(C)NC(=O)c1cc(F)ccc1NC(C)C. The van der Waals surface area contributed by atoms with Crippen LogP contribution in [0.15, 0.2) is 18.2 Å². The zero-order valence-electron chi connectivity index (χ0n) is 11.7. The number of amides is 1. The summed E-state index contributed by atoms with van der Waals surface area (Å²) in [5.41, 5.74) is 0.0529. The van der Waals surface area contributed by atoms with Crippen LogP contribution in [0.1, 0.15) is 38.1 Å². The molecule has 0 saturated carbocycles. The number of anilines is 1. The summed E-state index contributed by atoms with van der Waals surface area (Å²) in [5.74, 6) is 1.61. The fourth-order valence-electron chi connectivity index (χ4n) is 1.53. The average molecular weight is 262 g/mol. The van der Waals surface area contributed by atoms with Crippen LogP contribution in [-0.2, 0) is 0 Å². The molecule has 3 nitrogen and oxygen atoms in total. The number of rotatable bonds is 4. The molecule has 1 aromatic rings. The summed E-state index contributed by atoms with van der Waals surface area (Å²) in [5, 5.41) is 5.79. The number of hydrogen-bond donors (Lipinski definition) is 2. The van der Waals surface area contributed by atoms with Crippen molar-refractivity contribution >= 4 is 11.6 Å². The quantitative estimate of drug-likeness (QED) is 0.819. The number of nitrogens with one attached hydrogen (secondary N) is 2. The monoisotopic (exact) mass is 262 g/mol. The predicted octanol–water partition coefficient (Wildman–Crippen LogP) is 2.79. The van der Waals surface area contributed by atoms with Gasteiger partial charge in [-0.2, -0.15) is 0 Å². The van der Waals surface area contributed by atoms with Crippen LogP contribution in [0.25, 0.3) is 0 Å². The Hall–Kier alpha value is -2.02. The highest BCUT2D eigenvalue weighted by molar-refractivity contribution is 6.00. The maximum absolute atomic E-state index is 13.3. The van der Waals surface area contributed by atoms with Crippen LogP contribution in [0.5, 0.6) is 0 Å². The molecule has 0 aliphatic rings. The number of hydrogen-bond acceptors (Lipinski definition) is 2. The van der Waals surface area contributed by atoms with Crippen molar-refractivity contribution in [3.63, 3.8) is 0 Å². The second kappa shape index (κ2) is 5.75. The minimum Gasteiger partial charge on any atom is -0.382 e. The molecular formula is C15H19FN2O. The molecule has 0 spiro atoms. The van der Waals surface area contributed by atoms with E-state index in [2.05, 4.69) is 16.6 Å². The van der Waals surface area contributed by atoms with Crippen molar-refractivity contribution in [1.29, 1.82) is 0 Å². The summed E-state index contributed by atoms with van der Waals surface area (Å²) in [6.07, 6.45) is 5.33. The van der Waals surface area contributed by atoms with Crippen LogP contribution in [0.4, 0.5) is 10.1 Å². The predicted molar refractivity (Wildman–Crippen MR) is 75.5 cm³/mol. The third kappa shape index (κ3) is 4.29. The molecule has 102 valence electrons. The first-order valence-corrected chi connectivity index (χ1v) is 6.11. The number of terminal acetylenes is 1. The smallest absolute Gasteiger partial charge is 0.254 e. The topological polar surface area (TPSA) is 41.1 Å². The lowest BCUT2D eigenvalue weighted by atomic mass is 10.1. The van der Waals surface area contributed by atoms with Gasteiger partial charge >= 0.3 is 0 Å². The Balaban J connectivity index is 3.07. The van der Waals surface area contributed by atoms with Crippen molar-refractivity contribution in [2.24, 2.45) is 0 Å². The van der Waals surface area contributed by atoms with E-state index in [9.17, 15) is 9.18 Å². The Morgan fingerprint density at radius 1 is 1.42 bits per heavy atom. The summed E-state index contributed by atoms with van der Waals surface area (Å²) < 4.78 is 13.3. The van der Waals surface area contributed by atoms with Gasteiger partial charge in [0.15, 0.2) is 0 Å². The number of halogens is 1. The zero-order valence-corrected chi connectivity index (χ0v) is 11.7. The van der Waals surface area contributed by atoms with Crippen LogP contribution in [0.2, 0.25) is 0 Å². The molecule has 0 saturated heterocycles. The van der Waals surface area contributed by atoms with Crippen molar-refractivity contribution < 1.29 is 9.18 Å². The fourth-order valence-corrected chi connectivity index (χ4v) is 1.53. The fraction of sp³-hybridized carbons (Fsp3) is 0.400. The molecule has 0 radical (unpaired) electrons. The molecule has 19 heavy (non-hydrogen) atoms. The summed E-state index contributed by atoms with van der Waals surface area (Å²) in [6.45, 7) is 7.30. The largest absolute Gasteiger partial charge is 0.382 e. The first kappa shape index (κ1) is 15.0. The molecule has 1 amide bonds. The highest BCUT2D eigenvalue weighted by Crippen LogP contribution is 2.19. The van der Waals surface area contributed by atoms with Crippen molar-refractivity contribution in [2.45, 2.75) is 39.3 Å². The first-order valence-electron chi connectivity index (χ1n) is 6.11. The Labute approximate surface area is 113 Å². The van der Waals surface area contributed by atoms with Crippen LogP contribution in [0, 0.1) is 18.2 Å².